The molecule has 0 aliphatic carbocycles. The second-order valence-electron chi connectivity index (χ2n) is 17.2. The van der Waals surface area contributed by atoms with Crippen molar-refractivity contribution in [2.75, 3.05) is 13.2 Å². The van der Waals surface area contributed by atoms with Crippen molar-refractivity contribution in [2.45, 2.75) is 239 Å². The fourth-order valence-corrected chi connectivity index (χ4v) is 7.07. The summed E-state index contributed by atoms with van der Waals surface area (Å²) < 4.78 is 16.8. The summed E-state index contributed by atoms with van der Waals surface area (Å²) in [4.78, 5) is 38.0. The highest BCUT2D eigenvalue weighted by atomic mass is 16.6. The van der Waals surface area contributed by atoms with E-state index in [2.05, 4.69) is 45.1 Å². The Morgan fingerprint density at radius 1 is 0.328 bits per heavy atom. The van der Waals surface area contributed by atoms with Gasteiger partial charge in [-0.25, -0.2) is 0 Å². The van der Waals surface area contributed by atoms with Crippen LogP contribution in [-0.2, 0) is 28.6 Å². The van der Waals surface area contributed by atoms with Gasteiger partial charge in [0, 0.05) is 19.3 Å². The van der Waals surface area contributed by atoms with Crippen LogP contribution in [0, 0.1) is 0 Å². The van der Waals surface area contributed by atoms with E-state index in [-0.39, 0.29) is 31.1 Å². The molecular formula is C58H96O6. The van der Waals surface area contributed by atoms with Gasteiger partial charge in [0.1, 0.15) is 13.2 Å². The van der Waals surface area contributed by atoms with E-state index in [1.165, 1.54) is 109 Å². The number of esters is 3. The van der Waals surface area contributed by atoms with Crippen molar-refractivity contribution >= 4 is 17.9 Å². The van der Waals surface area contributed by atoms with Crippen molar-refractivity contribution in [2.24, 2.45) is 0 Å². The zero-order valence-electron chi connectivity index (χ0n) is 41.5. The lowest BCUT2D eigenvalue weighted by Crippen LogP contribution is -2.30. The molecule has 0 saturated carbocycles. The molecule has 364 valence electrons. The van der Waals surface area contributed by atoms with Crippen LogP contribution in [0.2, 0.25) is 0 Å². The zero-order valence-corrected chi connectivity index (χ0v) is 41.5. The molecule has 0 N–H and O–H groups in total. The summed E-state index contributed by atoms with van der Waals surface area (Å²) in [6.45, 7) is 6.42. The largest absolute Gasteiger partial charge is 0.462 e. The van der Waals surface area contributed by atoms with Gasteiger partial charge in [0.15, 0.2) is 6.10 Å². The van der Waals surface area contributed by atoms with Crippen LogP contribution in [0.15, 0.2) is 97.2 Å². The van der Waals surface area contributed by atoms with E-state index < -0.39 is 6.10 Å². The Balaban J connectivity index is 4.49. The molecule has 6 nitrogen and oxygen atoms in total. The summed E-state index contributed by atoms with van der Waals surface area (Å²) in [6, 6.07) is 0. The van der Waals surface area contributed by atoms with Crippen molar-refractivity contribution in [1.29, 1.82) is 0 Å². The molecule has 0 radical (unpaired) electrons. The first kappa shape index (κ1) is 60.3. The molecular weight excluding hydrogens is 793 g/mol. The number of allylic oxidation sites excluding steroid dienone is 16. The lowest BCUT2D eigenvalue weighted by molar-refractivity contribution is -0.167. The molecule has 0 aliphatic heterocycles. The van der Waals surface area contributed by atoms with Crippen LogP contribution in [0.1, 0.15) is 233 Å². The molecule has 0 heterocycles. The van der Waals surface area contributed by atoms with Crippen LogP contribution in [0.25, 0.3) is 0 Å². The number of hydrogen-bond acceptors (Lipinski definition) is 6. The van der Waals surface area contributed by atoms with Gasteiger partial charge < -0.3 is 14.2 Å². The van der Waals surface area contributed by atoms with Crippen molar-refractivity contribution in [1.82, 2.24) is 0 Å². The SMILES string of the molecule is CC\C=C/C=C\C=C/C=C\C=C\C=C/C=C\CCCCCC(=O)OCC(COC(=O)CCCCCCC/C=C\CCCCC)OC(=O)CCCCCCCCCCCCCCCCC. The minimum Gasteiger partial charge on any atom is -0.462 e. The summed E-state index contributed by atoms with van der Waals surface area (Å²) in [5.41, 5.74) is 0. The maximum absolute atomic E-state index is 12.8. The summed E-state index contributed by atoms with van der Waals surface area (Å²) in [6.07, 6.45) is 68.1. The average Bonchev–Trinajstić information content (AvgIpc) is 3.29. The van der Waals surface area contributed by atoms with Gasteiger partial charge in [-0.15, -0.1) is 0 Å². The summed E-state index contributed by atoms with van der Waals surface area (Å²) >= 11 is 0. The first-order valence-electron chi connectivity index (χ1n) is 26.3. The highest BCUT2D eigenvalue weighted by Crippen LogP contribution is 2.15. The molecule has 0 bridgehead atoms. The topological polar surface area (TPSA) is 78.9 Å². The number of rotatable bonds is 46. The normalized spacial score (nSPS) is 12.9. The van der Waals surface area contributed by atoms with Crippen LogP contribution < -0.4 is 0 Å². The third-order valence-corrected chi connectivity index (χ3v) is 11.0. The Morgan fingerprint density at radius 3 is 1.05 bits per heavy atom. The summed E-state index contributed by atoms with van der Waals surface area (Å²) in [7, 11) is 0. The van der Waals surface area contributed by atoms with Gasteiger partial charge in [-0.05, 0) is 64.2 Å². The Kier molecular flexibility index (Phi) is 49.0. The van der Waals surface area contributed by atoms with E-state index in [9.17, 15) is 14.4 Å². The third-order valence-electron chi connectivity index (χ3n) is 11.0. The summed E-state index contributed by atoms with van der Waals surface area (Å²) in [5, 5.41) is 0. The summed E-state index contributed by atoms with van der Waals surface area (Å²) in [5.74, 6) is -0.950. The quantitative estimate of drug-likeness (QED) is 0.0199. The maximum Gasteiger partial charge on any atom is 0.306 e. The lowest BCUT2D eigenvalue weighted by atomic mass is 10.0. The molecule has 6 heteroatoms. The van der Waals surface area contributed by atoms with E-state index in [0.717, 1.165) is 83.5 Å². The minimum atomic E-state index is -0.798. The van der Waals surface area contributed by atoms with Crippen molar-refractivity contribution < 1.29 is 28.6 Å². The average molecular weight is 889 g/mol. The predicted octanol–water partition coefficient (Wildman–Crippen LogP) is 17.4. The van der Waals surface area contributed by atoms with Gasteiger partial charge >= 0.3 is 17.9 Å². The van der Waals surface area contributed by atoms with Crippen LogP contribution in [0.5, 0.6) is 0 Å². The van der Waals surface area contributed by atoms with E-state index in [1.807, 2.05) is 72.9 Å². The van der Waals surface area contributed by atoms with Gasteiger partial charge in [-0.3, -0.25) is 14.4 Å². The molecule has 0 fully saturated rings. The molecule has 0 spiro atoms. The predicted molar refractivity (Wildman–Crippen MR) is 274 cm³/mol. The first-order chi connectivity index (χ1) is 31.5. The Labute approximate surface area is 394 Å². The molecule has 1 unspecified atom stereocenters. The lowest BCUT2D eigenvalue weighted by Gasteiger charge is -2.18. The second kappa shape index (κ2) is 52.0. The zero-order chi connectivity index (χ0) is 46.5. The molecule has 0 aromatic carbocycles. The highest BCUT2D eigenvalue weighted by Gasteiger charge is 2.19. The van der Waals surface area contributed by atoms with Gasteiger partial charge in [-0.2, -0.15) is 0 Å². The second-order valence-corrected chi connectivity index (χ2v) is 17.2. The maximum atomic E-state index is 12.8. The van der Waals surface area contributed by atoms with E-state index in [4.69, 9.17) is 14.2 Å². The molecule has 0 aromatic rings. The first-order valence-corrected chi connectivity index (χ1v) is 26.3. The number of ether oxygens (including phenoxy) is 3. The monoisotopic (exact) mass is 889 g/mol. The van der Waals surface area contributed by atoms with Gasteiger partial charge in [0.05, 0.1) is 0 Å². The van der Waals surface area contributed by atoms with E-state index >= 15 is 0 Å². The molecule has 0 amide bonds. The fourth-order valence-electron chi connectivity index (χ4n) is 7.07. The molecule has 0 saturated heterocycles. The van der Waals surface area contributed by atoms with Gasteiger partial charge in [-0.1, -0.05) is 246 Å². The number of carbonyl (C=O) groups is 3. The van der Waals surface area contributed by atoms with Crippen molar-refractivity contribution in [3.63, 3.8) is 0 Å². The van der Waals surface area contributed by atoms with Crippen molar-refractivity contribution in [3.05, 3.63) is 97.2 Å². The molecule has 64 heavy (non-hydrogen) atoms. The standard InChI is InChI=1S/C58H96O6/c1-4-7-10-13-16-19-22-25-27-28-29-30-32-33-36-39-42-45-48-51-57(60)63-54-55(53-62-56(59)50-47-44-41-38-35-24-21-18-15-12-9-6-3)64-58(61)52-49-46-43-40-37-34-31-26-23-20-17-14-11-8-5-2/h7,10,13,16,18-19,21-22,25,27-30,32-33,36,55H,4-6,8-9,11-12,14-15,17,20,23-24,26,31,34-35,37-54H2,1-3H3/b10-7-,16-13-,21-18-,22-19-,27-25-,29-28+,32-30-,36-33-. The van der Waals surface area contributed by atoms with E-state index in [0.29, 0.717) is 19.3 Å². The van der Waals surface area contributed by atoms with Gasteiger partial charge in [0.2, 0.25) is 0 Å². The highest BCUT2D eigenvalue weighted by molar-refractivity contribution is 5.71. The molecule has 0 aromatic heterocycles. The van der Waals surface area contributed by atoms with Crippen molar-refractivity contribution in [3.8, 4) is 0 Å². The Morgan fingerprint density at radius 2 is 0.625 bits per heavy atom. The van der Waals surface area contributed by atoms with Crippen LogP contribution in [0.3, 0.4) is 0 Å². The van der Waals surface area contributed by atoms with E-state index in [1.54, 1.807) is 0 Å². The van der Waals surface area contributed by atoms with Gasteiger partial charge in [0.25, 0.3) is 0 Å². The third kappa shape index (κ3) is 49.3. The Hall–Kier alpha value is -3.67. The van der Waals surface area contributed by atoms with Crippen LogP contribution >= 0.6 is 0 Å². The smallest absolute Gasteiger partial charge is 0.306 e. The van der Waals surface area contributed by atoms with Crippen LogP contribution in [-0.4, -0.2) is 37.2 Å². The molecule has 0 aliphatic rings. The fraction of sp³-hybridized carbons (Fsp3) is 0.672. The molecule has 1 atom stereocenters. The minimum absolute atomic E-state index is 0.0961. The Bertz CT molecular complexity index is 1300. The number of carbonyl (C=O) groups excluding carboxylic acids is 3. The number of hydrogen-bond donors (Lipinski definition) is 0. The van der Waals surface area contributed by atoms with Crippen LogP contribution in [0.4, 0.5) is 0 Å². The number of unbranched alkanes of at least 4 members (excludes halogenated alkanes) is 25. The molecule has 0 rings (SSSR count).